The Balaban J connectivity index is 2.29. The van der Waals surface area contributed by atoms with Crippen LogP contribution >= 0.6 is 0 Å². The minimum atomic E-state index is -3.72. The molecule has 0 saturated carbocycles. The summed E-state index contributed by atoms with van der Waals surface area (Å²) in [5.74, 6) is 5.86. The number of anilines is 1. The van der Waals surface area contributed by atoms with Crippen LogP contribution in [-0.2, 0) is 14.8 Å². The topological polar surface area (TPSA) is 105 Å². The number of amides is 1. The highest BCUT2D eigenvalue weighted by atomic mass is 32.2. The van der Waals surface area contributed by atoms with E-state index in [1.807, 2.05) is 0 Å². The van der Waals surface area contributed by atoms with Gasteiger partial charge in [-0.3, -0.25) is 9.80 Å². The first-order valence-electron chi connectivity index (χ1n) is 5.64. The quantitative estimate of drug-likeness (QED) is 0.759. The summed E-state index contributed by atoms with van der Waals surface area (Å²) in [6.45, 7) is 1.66. The summed E-state index contributed by atoms with van der Waals surface area (Å²) in [5, 5.41) is 3.80. The molecule has 1 heterocycles. The smallest absolute Gasteiger partial charge is 0.286 e. The van der Waals surface area contributed by atoms with Crippen LogP contribution in [0.3, 0.4) is 0 Å². The summed E-state index contributed by atoms with van der Waals surface area (Å²) in [6.07, 6.45) is 0.240. The first-order valence-corrected chi connectivity index (χ1v) is 7.08. The van der Waals surface area contributed by atoms with E-state index in [1.54, 1.807) is 18.2 Å². The summed E-state index contributed by atoms with van der Waals surface area (Å²) >= 11 is 0. The first kappa shape index (κ1) is 13.5. The van der Waals surface area contributed by atoms with Gasteiger partial charge in [-0.15, -0.1) is 4.40 Å². The third-order valence-electron chi connectivity index (χ3n) is 2.63. The number of hydrogen-bond acceptors (Lipinski definition) is 5. The molecule has 0 spiro atoms. The number of sulfonamides is 1. The zero-order valence-corrected chi connectivity index (χ0v) is 11.1. The summed E-state index contributed by atoms with van der Waals surface area (Å²) in [6, 6.07) is 6.38. The number of nitrogens with zero attached hydrogens (tertiary/aromatic N) is 2. The van der Waals surface area contributed by atoms with Crippen molar-refractivity contribution >= 4 is 27.5 Å². The van der Waals surface area contributed by atoms with Crippen molar-refractivity contribution in [3.05, 3.63) is 24.3 Å². The molecule has 102 valence electrons. The molecule has 0 aliphatic carbocycles. The maximum absolute atomic E-state index is 12.0. The van der Waals surface area contributed by atoms with Gasteiger partial charge in [0.25, 0.3) is 10.0 Å². The number of carbonyl (C=O) groups is 1. The number of para-hydroxylation sites is 1. The Morgan fingerprint density at radius 2 is 2.11 bits per heavy atom. The van der Waals surface area contributed by atoms with Crippen molar-refractivity contribution in [3.63, 3.8) is 0 Å². The van der Waals surface area contributed by atoms with Crippen LogP contribution in [0.15, 0.2) is 33.6 Å². The van der Waals surface area contributed by atoms with E-state index in [-0.39, 0.29) is 29.6 Å². The summed E-state index contributed by atoms with van der Waals surface area (Å²) < 4.78 is 27.6. The number of nitrogens with two attached hydrogens (primary N) is 1. The Hall–Kier alpha value is -1.93. The second-order valence-electron chi connectivity index (χ2n) is 4.05. The van der Waals surface area contributed by atoms with E-state index in [4.69, 9.17) is 5.84 Å². The van der Waals surface area contributed by atoms with Gasteiger partial charge in [0.1, 0.15) is 10.7 Å². The average Bonchev–Trinajstić information content (AvgIpc) is 2.35. The lowest BCUT2D eigenvalue weighted by molar-refractivity contribution is -0.118. The van der Waals surface area contributed by atoms with Gasteiger partial charge in [0.15, 0.2) is 0 Å². The monoisotopic (exact) mass is 282 g/mol. The molecule has 1 amide bonds. The lowest BCUT2D eigenvalue weighted by Gasteiger charge is -2.26. The molecule has 1 aromatic rings. The lowest BCUT2D eigenvalue weighted by atomic mass is 10.3. The zero-order valence-electron chi connectivity index (χ0n) is 10.3. The Morgan fingerprint density at radius 1 is 1.42 bits per heavy atom. The molecule has 1 aliphatic heterocycles. The molecule has 0 bridgehead atoms. The molecule has 0 radical (unpaired) electrons. The third-order valence-corrected chi connectivity index (χ3v) is 3.98. The number of rotatable bonds is 3. The molecule has 0 fully saturated rings. The van der Waals surface area contributed by atoms with Crippen LogP contribution < -0.4 is 16.2 Å². The molecule has 2 rings (SSSR count). The Kier molecular flexibility index (Phi) is 3.54. The van der Waals surface area contributed by atoms with Gasteiger partial charge in [-0.2, -0.15) is 8.42 Å². The number of carbonyl (C=O) groups excluding carboxylic acids is 1. The standard InChI is InChI=1S/C11H14N4O3S/c1-8(16)13-7-6-11-14-19(17,18)10-5-3-2-4-9(10)15(11)12/h2-5H,6-7,12H2,1H3,(H,13,16). The van der Waals surface area contributed by atoms with E-state index in [0.29, 0.717) is 5.69 Å². The summed E-state index contributed by atoms with van der Waals surface area (Å²) in [5.41, 5.74) is 0.385. The fraction of sp³-hybridized carbons (Fsp3) is 0.273. The van der Waals surface area contributed by atoms with Crippen molar-refractivity contribution in [2.24, 2.45) is 10.2 Å². The Bertz CT molecular complexity index is 639. The minimum Gasteiger partial charge on any atom is -0.356 e. The van der Waals surface area contributed by atoms with Crippen molar-refractivity contribution in [1.29, 1.82) is 0 Å². The van der Waals surface area contributed by atoms with E-state index in [0.717, 1.165) is 0 Å². The minimum absolute atomic E-state index is 0.0841. The predicted octanol–water partition coefficient (Wildman–Crippen LogP) is -0.00630. The maximum atomic E-state index is 12.0. The van der Waals surface area contributed by atoms with Gasteiger partial charge in [0.2, 0.25) is 5.91 Å². The molecule has 0 aromatic heterocycles. The van der Waals surface area contributed by atoms with E-state index in [9.17, 15) is 13.2 Å². The second kappa shape index (κ2) is 4.98. The SMILES string of the molecule is CC(=O)NCCC1=NS(=O)(=O)c2ccccc2N1N. The van der Waals surface area contributed by atoms with Gasteiger partial charge in [-0.1, -0.05) is 12.1 Å². The zero-order chi connectivity index (χ0) is 14.0. The van der Waals surface area contributed by atoms with E-state index >= 15 is 0 Å². The highest BCUT2D eigenvalue weighted by Crippen LogP contribution is 2.29. The molecule has 0 atom stereocenters. The highest BCUT2D eigenvalue weighted by molar-refractivity contribution is 7.90. The Morgan fingerprint density at radius 3 is 2.79 bits per heavy atom. The summed E-state index contributed by atoms with van der Waals surface area (Å²) in [4.78, 5) is 10.9. The van der Waals surface area contributed by atoms with Crippen molar-refractivity contribution in [3.8, 4) is 0 Å². The van der Waals surface area contributed by atoms with Crippen LogP contribution in [0, 0.1) is 0 Å². The number of fused-ring (bicyclic) bond motifs is 1. The van der Waals surface area contributed by atoms with Gasteiger partial charge >= 0.3 is 0 Å². The van der Waals surface area contributed by atoms with Crippen LogP contribution in [0.5, 0.6) is 0 Å². The first-order chi connectivity index (χ1) is 8.92. The molecular formula is C11H14N4O3S. The molecular weight excluding hydrogens is 268 g/mol. The number of hydrogen-bond donors (Lipinski definition) is 2. The molecule has 0 saturated heterocycles. The molecule has 1 aromatic carbocycles. The van der Waals surface area contributed by atoms with E-state index < -0.39 is 10.0 Å². The summed E-state index contributed by atoms with van der Waals surface area (Å²) in [7, 11) is -3.72. The number of nitrogens with one attached hydrogen (secondary N) is 1. The number of hydrazine groups is 1. The van der Waals surface area contributed by atoms with E-state index in [1.165, 1.54) is 18.0 Å². The Labute approximate surface area is 111 Å². The van der Waals surface area contributed by atoms with Gasteiger partial charge < -0.3 is 5.32 Å². The maximum Gasteiger partial charge on any atom is 0.286 e. The average molecular weight is 282 g/mol. The van der Waals surface area contributed by atoms with Gasteiger partial charge in [-0.25, -0.2) is 5.84 Å². The normalized spacial score (nSPS) is 16.5. The van der Waals surface area contributed by atoms with Crippen LogP contribution in [0.1, 0.15) is 13.3 Å². The van der Waals surface area contributed by atoms with Crippen LogP contribution in [0.25, 0.3) is 0 Å². The van der Waals surface area contributed by atoms with Crippen molar-refractivity contribution < 1.29 is 13.2 Å². The van der Waals surface area contributed by atoms with Crippen LogP contribution in [0.4, 0.5) is 5.69 Å². The van der Waals surface area contributed by atoms with Crippen molar-refractivity contribution in [1.82, 2.24) is 5.32 Å². The largest absolute Gasteiger partial charge is 0.356 e. The highest BCUT2D eigenvalue weighted by Gasteiger charge is 2.28. The van der Waals surface area contributed by atoms with Crippen molar-refractivity contribution in [2.75, 3.05) is 11.6 Å². The lowest BCUT2D eigenvalue weighted by Crippen LogP contribution is -2.42. The number of amidine groups is 1. The predicted molar refractivity (Wildman–Crippen MR) is 71.0 cm³/mol. The van der Waals surface area contributed by atoms with Crippen LogP contribution in [0.2, 0.25) is 0 Å². The molecule has 0 unspecified atom stereocenters. The number of benzene rings is 1. The van der Waals surface area contributed by atoms with Crippen LogP contribution in [-0.4, -0.2) is 26.7 Å². The van der Waals surface area contributed by atoms with Gasteiger partial charge in [0.05, 0.1) is 5.69 Å². The molecule has 1 aliphatic rings. The molecule has 19 heavy (non-hydrogen) atoms. The van der Waals surface area contributed by atoms with Gasteiger partial charge in [-0.05, 0) is 12.1 Å². The van der Waals surface area contributed by atoms with Crippen molar-refractivity contribution in [2.45, 2.75) is 18.2 Å². The fourth-order valence-corrected chi connectivity index (χ4v) is 3.00. The second-order valence-corrected chi connectivity index (χ2v) is 5.63. The molecule has 8 heteroatoms. The molecule has 7 nitrogen and oxygen atoms in total. The van der Waals surface area contributed by atoms with E-state index in [2.05, 4.69) is 9.71 Å². The third kappa shape index (κ3) is 2.74. The van der Waals surface area contributed by atoms with Gasteiger partial charge in [0, 0.05) is 19.9 Å². The fourth-order valence-electron chi connectivity index (χ4n) is 1.76. The molecule has 3 N–H and O–H groups in total.